The number of aromatic nitrogens is 3. The van der Waals surface area contributed by atoms with E-state index in [9.17, 15) is 0 Å². The molecule has 6 aromatic carbocycles. The van der Waals surface area contributed by atoms with Crippen molar-refractivity contribution in [3.63, 3.8) is 0 Å². The largest absolute Gasteiger partial charge is 0.208 e. The molecule has 0 amide bonds. The van der Waals surface area contributed by atoms with Gasteiger partial charge in [-0.1, -0.05) is 147 Å². The Morgan fingerprint density at radius 2 is 0.787 bits per heavy atom. The van der Waals surface area contributed by atoms with Gasteiger partial charge in [-0.05, 0) is 75.5 Å². The lowest BCUT2D eigenvalue weighted by Crippen LogP contribution is -2.23. The first-order valence-corrected chi connectivity index (χ1v) is 16.5. The Bertz CT molecular complexity index is 2160. The fraction of sp³-hybridized carbons (Fsp3) is 0.114. The molecule has 0 radical (unpaired) electrons. The number of hydrogen-bond donors (Lipinski definition) is 0. The van der Waals surface area contributed by atoms with E-state index in [0.717, 1.165) is 40.7 Å². The summed E-state index contributed by atoms with van der Waals surface area (Å²) in [4.78, 5) is 14.8. The smallest absolute Gasteiger partial charge is 0.164 e. The highest BCUT2D eigenvalue weighted by Crippen LogP contribution is 2.53. The van der Waals surface area contributed by atoms with Crippen LogP contribution in [0.2, 0.25) is 0 Å². The molecule has 0 unspecified atom stereocenters. The number of rotatable bonds is 7. The molecule has 3 nitrogen and oxygen atoms in total. The maximum absolute atomic E-state index is 4.96. The zero-order valence-electron chi connectivity index (χ0n) is 26.7. The summed E-state index contributed by atoms with van der Waals surface area (Å²) >= 11 is 0. The van der Waals surface area contributed by atoms with Crippen molar-refractivity contribution < 1.29 is 0 Å². The van der Waals surface area contributed by atoms with E-state index in [1.807, 2.05) is 60.7 Å². The second-order valence-corrected chi connectivity index (χ2v) is 12.3. The van der Waals surface area contributed by atoms with Crippen molar-refractivity contribution >= 4 is 0 Å². The molecule has 1 heterocycles. The molecular formula is C44H35N3. The summed E-state index contributed by atoms with van der Waals surface area (Å²) < 4.78 is 0. The van der Waals surface area contributed by atoms with Crippen LogP contribution in [0.3, 0.4) is 0 Å². The van der Waals surface area contributed by atoms with Crippen molar-refractivity contribution in [3.05, 3.63) is 163 Å². The molecule has 0 aliphatic heterocycles. The Labute approximate surface area is 276 Å². The molecule has 7 aromatic rings. The van der Waals surface area contributed by atoms with Crippen molar-refractivity contribution in [2.75, 3.05) is 0 Å². The van der Waals surface area contributed by atoms with Crippen molar-refractivity contribution in [2.24, 2.45) is 0 Å². The summed E-state index contributed by atoms with van der Waals surface area (Å²) in [6.07, 6.45) is 2.16. The molecule has 0 N–H and O–H groups in total. The van der Waals surface area contributed by atoms with E-state index >= 15 is 0 Å². The summed E-state index contributed by atoms with van der Waals surface area (Å²) in [6, 6.07) is 53.7. The van der Waals surface area contributed by atoms with Gasteiger partial charge in [-0.25, -0.2) is 15.0 Å². The van der Waals surface area contributed by atoms with Crippen LogP contribution < -0.4 is 0 Å². The van der Waals surface area contributed by atoms with Crippen molar-refractivity contribution in [1.82, 2.24) is 15.0 Å². The molecule has 47 heavy (non-hydrogen) atoms. The zero-order valence-corrected chi connectivity index (χ0v) is 26.7. The summed E-state index contributed by atoms with van der Waals surface area (Å²) in [7, 11) is 0. The first-order valence-electron chi connectivity index (χ1n) is 16.5. The van der Waals surface area contributed by atoms with Crippen LogP contribution in [0.4, 0.5) is 0 Å². The maximum atomic E-state index is 4.96. The highest BCUT2D eigenvalue weighted by molar-refractivity contribution is 5.85. The molecular weight excluding hydrogens is 571 g/mol. The predicted octanol–water partition coefficient (Wildman–Crippen LogP) is 11.3. The van der Waals surface area contributed by atoms with E-state index < -0.39 is 0 Å². The highest BCUT2D eigenvalue weighted by atomic mass is 15.0. The first-order chi connectivity index (χ1) is 23.2. The predicted molar refractivity (Wildman–Crippen MR) is 194 cm³/mol. The number of benzene rings is 6. The van der Waals surface area contributed by atoms with Crippen molar-refractivity contribution in [3.8, 4) is 67.5 Å². The van der Waals surface area contributed by atoms with Gasteiger partial charge in [0.25, 0.3) is 0 Å². The van der Waals surface area contributed by atoms with Gasteiger partial charge in [-0.3, -0.25) is 0 Å². The third-order valence-electron chi connectivity index (χ3n) is 9.82. The summed E-state index contributed by atoms with van der Waals surface area (Å²) in [5, 5.41) is 0. The van der Waals surface area contributed by atoms with Gasteiger partial charge in [0.1, 0.15) is 0 Å². The minimum atomic E-state index is 0.0512. The average Bonchev–Trinajstić information content (AvgIpc) is 3.44. The van der Waals surface area contributed by atoms with E-state index in [1.54, 1.807) is 0 Å². The lowest BCUT2D eigenvalue weighted by atomic mass is 9.73. The summed E-state index contributed by atoms with van der Waals surface area (Å²) in [5.41, 5.74) is 13.3. The van der Waals surface area contributed by atoms with E-state index in [2.05, 4.69) is 105 Å². The molecule has 1 aromatic heterocycles. The molecule has 0 saturated carbocycles. The van der Waals surface area contributed by atoms with E-state index in [-0.39, 0.29) is 5.41 Å². The lowest BCUT2D eigenvalue weighted by molar-refractivity contribution is 0.490. The summed E-state index contributed by atoms with van der Waals surface area (Å²) in [5.74, 6) is 1.98. The molecule has 0 spiro atoms. The third kappa shape index (κ3) is 5.05. The van der Waals surface area contributed by atoms with Crippen LogP contribution in [0.15, 0.2) is 152 Å². The quantitative estimate of drug-likeness (QED) is 0.181. The van der Waals surface area contributed by atoms with Gasteiger partial charge in [0, 0.05) is 22.1 Å². The van der Waals surface area contributed by atoms with Crippen LogP contribution in [-0.4, -0.2) is 15.0 Å². The summed E-state index contributed by atoms with van der Waals surface area (Å²) in [6.45, 7) is 4.65. The van der Waals surface area contributed by atoms with E-state index in [0.29, 0.717) is 17.5 Å². The van der Waals surface area contributed by atoms with Gasteiger partial charge in [0.15, 0.2) is 17.5 Å². The van der Waals surface area contributed by atoms with Crippen LogP contribution in [0, 0.1) is 0 Å². The van der Waals surface area contributed by atoms with Crippen LogP contribution >= 0.6 is 0 Å². The monoisotopic (exact) mass is 605 g/mol. The molecule has 0 fully saturated rings. The third-order valence-corrected chi connectivity index (χ3v) is 9.82. The topological polar surface area (TPSA) is 38.7 Å². The van der Waals surface area contributed by atoms with Crippen LogP contribution in [0.25, 0.3) is 67.5 Å². The normalized spacial score (nSPS) is 12.8. The van der Waals surface area contributed by atoms with Gasteiger partial charge < -0.3 is 0 Å². The number of fused-ring (bicyclic) bond motifs is 3. The molecule has 0 saturated heterocycles. The molecule has 0 atom stereocenters. The molecule has 226 valence electrons. The minimum absolute atomic E-state index is 0.0512. The van der Waals surface area contributed by atoms with E-state index in [1.165, 1.54) is 33.4 Å². The Hall–Kier alpha value is -5.67. The Morgan fingerprint density at radius 3 is 1.36 bits per heavy atom. The minimum Gasteiger partial charge on any atom is -0.208 e. The number of hydrogen-bond acceptors (Lipinski definition) is 3. The van der Waals surface area contributed by atoms with Crippen LogP contribution in [0.5, 0.6) is 0 Å². The number of nitrogens with zero attached hydrogens (tertiary/aromatic N) is 3. The first kappa shape index (κ1) is 28.8. The SMILES string of the molecule is CCC1(CC)c2ccccc2-c2ccc(-c3cccc(-c4cccc(-c5nc(-c6ccccc6)nc(-c6ccccc6)n5)c4)c3)cc21. The fourth-order valence-electron chi connectivity index (χ4n) is 7.30. The van der Waals surface area contributed by atoms with Crippen molar-refractivity contribution in [2.45, 2.75) is 32.1 Å². The maximum Gasteiger partial charge on any atom is 0.164 e. The molecule has 0 bridgehead atoms. The fourth-order valence-corrected chi connectivity index (χ4v) is 7.30. The Kier molecular flexibility index (Phi) is 7.30. The molecule has 8 rings (SSSR count). The van der Waals surface area contributed by atoms with Crippen LogP contribution in [0.1, 0.15) is 37.8 Å². The molecule has 3 heteroatoms. The standard InChI is InChI=1S/C44H35N3/c1-3-44(4-2)39-24-12-11-23-37(39)38-26-25-35(29-40(38)44)33-20-13-19-32(27-33)34-21-14-22-36(28-34)43-46-41(30-15-7-5-8-16-30)45-42(47-43)31-17-9-6-10-18-31/h5-29H,3-4H2,1-2H3. The molecule has 1 aliphatic rings. The Balaban J connectivity index is 1.19. The second-order valence-electron chi connectivity index (χ2n) is 12.3. The second kappa shape index (κ2) is 11.9. The van der Waals surface area contributed by atoms with Gasteiger partial charge in [-0.2, -0.15) is 0 Å². The molecule has 1 aliphatic carbocycles. The van der Waals surface area contributed by atoms with Gasteiger partial charge in [0.05, 0.1) is 0 Å². The lowest BCUT2D eigenvalue weighted by Gasteiger charge is -2.30. The van der Waals surface area contributed by atoms with Gasteiger partial charge in [0.2, 0.25) is 0 Å². The van der Waals surface area contributed by atoms with E-state index in [4.69, 9.17) is 15.0 Å². The average molecular weight is 606 g/mol. The zero-order chi connectivity index (χ0) is 31.8. The van der Waals surface area contributed by atoms with Gasteiger partial charge in [-0.15, -0.1) is 0 Å². The van der Waals surface area contributed by atoms with Crippen molar-refractivity contribution in [1.29, 1.82) is 0 Å². The van der Waals surface area contributed by atoms with Gasteiger partial charge >= 0.3 is 0 Å². The van der Waals surface area contributed by atoms with Crippen LogP contribution in [-0.2, 0) is 5.41 Å². The Morgan fingerprint density at radius 1 is 0.362 bits per heavy atom. The highest BCUT2D eigenvalue weighted by Gasteiger charge is 2.40.